The summed E-state index contributed by atoms with van der Waals surface area (Å²) < 4.78 is 35.2. The van der Waals surface area contributed by atoms with Crippen molar-refractivity contribution in [2.45, 2.75) is 38.1 Å². The maximum Gasteiger partial charge on any atom is 0.339 e. The zero-order valence-electron chi connectivity index (χ0n) is 17.0. The summed E-state index contributed by atoms with van der Waals surface area (Å²) in [5, 5.41) is 0. The molecule has 0 aliphatic heterocycles. The molecule has 1 fully saturated rings. The molecule has 156 valence electrons. The number of ether oxygens (including phenoxy) is 1. The maximum absolute atomic E-state index is 12.5. The van der Waals surface area contributed by atoms with Crippen LogP contribution in [0.2, 0.25) is 0 Å². The van der Waals surface area contributed by atoms with Gasteiger partial charge in [0.05, 0.1) is 7.11 Å². The van der Waals surface area contributed by atoms with Gasteiger partial charge in [0.15, 0.2) is 0 Å². The summed E-state index contributed by atoms with van der Waals surface area (Å²) in [6, 6.07) is 12.8. The molecule has 0 aromatic heterocycles. The first-order valence-corrected chi connectivity index (χ1v) is 11.2. The van der Waals surface area contributed by atoms with Gasteiger partial charge in [0.25, 0.3) is 0 Å². The molecule has 1 amide bonds. The minimum atomic E-state index is -3.93. The maximum atomic E-state index is 12.5. The van der Waals surface area contributed by atoms with E-state index >= 15 is 0 Å². The predicted molar refractivity (Wildman–Crippen MR) is 110 cm³/mol. The van der Waals surface area contributed by atoms with Gasteiger partial charge in [-0.1, -0.05) is 26.0 Å². The number of rotatable bonds is 9. The van der Waals surface area contributed by atoms with Gasteiger partial charge in [-0.05, 0) is 60.7 Å². The lowest BCUT2D eigenvalue weighted by atomic mass is 10.1. The summed E-state index contributed by atoms with van der Waals surface area (Å²) in [7, 11) is -2.41. The molecule has 0 atom stereocenters. The van der Waals surface area contributed by atoms with Gasteiger partial charge in [-0.15, -0.1) is 0 Å². The molecule has 1 aliphatic rings. The quantitative estimate of drug-likeness (QED) is 0.580. The first-order chi connectivity index (χ1) is 13.8. The molecule has 1 saturated carbocycles. The third-order valence-electron chi connectivity index (χ3n) is 4.83. The lowest BCUT2D eigenvalue weighted by molar-refractivity contribution is -0.135. The van der Waals surface area contributed by atoms with E-state index in [-0.39, 0.29) is 22.5 Å². The fraction of sp³-hybridized carbons (Fsp3) is 0.409. The molecule has 7 heteroatoms. The molecule has 2 aromatic carbocycles. The summed E-state index contributed by atoms with van der Waals surface area (Å²) in [6.45, 7) is 5.10. The number of methoxy groups -OCH3 is 1. The Morgan fingerprint density at radius 3 is 2.14 bits per heavy atom. The zero-order valence-corrected chi connectivity index (χ0v) is 17.8. The average Bonchev–Trinajstić information content (AvgIpc) is 3.52. The molecule has 0 radical (unpaired) electrons. The summed E-state index contributed by atoms with van der Waals surface area (Å²) in [5.74, 6) is 1.49. The van der Waals surface area contributed by atoms with E-state index in [1.807, 2.05) is 18.7 Å². The van der Waals surface area contributed by atoms with E-state index in [9.17, 15) is 13.2 Å². The third kappa shape index (κ3) is 5.73. The molecule has 2 aromatic rings. The summed E-state index contributed by atoms with van der Waals surface area (Å²) >= 11 is 0. The average molecular weight is 418 g/mol. The second-order valence-corrected chi connectivity index (χ2v) is 9.22. The van der Waals surface area contributed by atoms with Gasteiger partial charge in [-0.3, -0.25) is 4.79 Å². The van der Waals surface area contributed by atoms with Crippen LogP contribution >= 0.6 is 0 Å². The number of hydrogen-bond acceptors (Lipinski definition) is 5. The van der Waals surface area contributed by atoms with Crippen LogP contribution in [0.25, 0.3) is 0 Å². The minimum absolute atomic E-state index is 0.0500. The second-order valence-electron chi connectivity index (χ2n) is 7.67. The monoisotopic (exact) mass is 417 g/mol. The van der Waals surface area contributed by atoms with Gasteiger partial charge in [0, 0.05) is 19.0 Å². The van der Waals surface area contributed by atoms with Gasteiger partial charge >= 0.3 is 10.1 Å². The molecule has 0 spiro atoms. The highest BCUT2D eigenvalue weighted by Gasteiger charge is 2.27. The number of amides is 1. The van der Waals surface area contributed by atoms with Crippen molar-refractivity contribution in [2.75, 3.05) is 13.7 Å². The van der Waals surface area contributed by atoms with E-state index < -0.39 is 10.1 Å². The van der Waals surface area contributed by atoms with Crippen molar-refractivity contribution in [1.29, 1.82) is 0 Å². The molecular formula is C22H27NO5S. The van der Waals surface area contributed by atoms with Crippen LogP contribution in [0.4, 0.5) is 0 Å². The highest BCUT2D eigenvalue weighted by Crippen LogP contribution is 2.31. The molecule has 1 aliphatic carbocycles. The Bertz CT molecular complexity index is 932. The SMILES string of the molecule is COc1ccc(S(=O)(=O)Oc2ccc(CN(CC3CC3)C(=O)C(C)C)cc2)cc1. The number of carbonyl (C=O) groups is 1. The lowest BCUT2D eigenvalue weighted by Crippen LogP contribution is -2.35. The number of benzene rings is 2. The molecule has 6 nitrogen and oxygen atoms in total. The van der Waals surface area contributed by atoms with E-state index in [0.717, 1.165) is 12.1 Å². The van der Waals surface area contributed by atoms with Gasteiger partial charge < -0.3 is 13.8 Å². The topological polar surface area (TPSA) is 72.9 Å². The first kappa shape index (κ1) is 21.2. The molecule has 0 bridgehead atoms. The highest BCUT2D eigenvalue weighted by atomic mass is 32.2. The Morgan fingerprint density at radius 2 is 1.62 bits per heavy atom. The van der Waals surface area contributed by atoms with Crippen LogP contribution in [0.15, 0.2) is 53.4 Å². The Balaban J connectivity index is 1.67. The van der Waals surface area contributed by atoms with Crippen LogP contribution in [0.5, 0.6) is 11.5 Å². The van der Waals surface area contributed by atoms with E-state index in [4.69, 9.17) is 8.92 Å². The van der Waals surface area contributed by atoms with Gasteiger partial charge in [0.2, 0.25) is 5.91 Å². The second kappa shape index (κ2) is 8.86. The Labute approximate surface area is 172 Å². The van der Waals surface area contributed by atoms with Gasteiger partial charge in [0.1, 0.15) is 16.4 Å². The van der Waals surface area contributed by atoms with Crippen molar-refractivity contribution in [3.8, 4) is 11.5 Å². The number of nitrogens with zero attached hydrogens (tertiary/aromatic N) is 1. The van der Waals surface area contributed by atoms with Crippen molar-refractivity contribution in [1.82, 2.24) is 4.90 Å². The molecule has 29 heavy (non-hydrogen) atoms. The van der Waals surface area contributed by atoms with Crippen molar-refractivity contribution in [2.24, 2.45) is 11.8 Å². The van der Waals surface area contributed by atoms with Crippen LogP contribution in [-0.4, -0.2) is 32.9 Å². The van der Waals surface area contributed by atoms with E-state index in [1.54, 1.807) is 36.4 Å². The van der Waals surface area contributed by atoms with Crippen molar-refractivity contribution >= 4 is 16.0 Å². The molecule has 3 rings (SSSR count). The zero-order chi connectivity index (χ0) is 21.0. The number of hydrogen-bond donors (Lipinski definition) is 0. The van der Waals surface area contributed by atoms with Crippen molar-refractivity contribution in [3.05, 3.63) is 54.1 Å². The molecule has 0 N–H and O–H groups in total. The Kier molecular flexibility index (Phi) is 6.47. The molecule has 0 saturated heterocycles. The van der Waals surface area contributed by atoms with Crippen LogP contribution in [-0.2, 0) is 21.5 Å². The first-order valence-electron chi connectivity index (χ1n) is 9.75. The lowest BCUT2D eigenvalue weighted by Gasteiger charge is -2.24. The van der Waals surface area contributed by atoms with Crippen molar-refractivity contribution < 1.29 is 22.1 Å². The Hall–Kier alpha value is -2.54. The summed E-state index contributed by atoms with van der Waals surface area (Å²) in [4.78, 5) is 14.4. The van der Waals surface area contributed by atoms with Gasteiger partial charge in [-0.25, -0.2) is 0 Å². The third-order valence-corrected chi connectivity index (χ3v) is 6.09. The molecular weight excluding hydrogens is 390 g/mol. The molecule has 0 heterocycles. The largest absolute Gasteiger partial charge is 0.497 e. The summed E-state index contributed by atoms with van der Waals surface area (Å²) in [5.41, 5.74) is 0.939. The smallest absolute Gasteiger partial charge is 0.339 e. The fourth-order valence-electron chi connectivity index (χ4n) is 3.00. The van der Waals surface area contributed by atoms with Gasteiger partial charge in [-0.2, -0.15) is 8.42 Å². The fourth-order valence-corrected chi connectivity index (χ4v) is 3.93. The minimum Gasteiger partial charge on any atom is -0.497 e. The normalized spacial score (nSPS) is 13.9. The van der Waals surface area contributed by atoms with Crippen LogP contribution < -0.4 is 8.92 Å². The van der Waals surface area contributed by atoms with E-state index in [2.05, 4.69) is 0 Å². The standard InChI is InChI=1S/C22H27NO5S/c1-16(2)22(24)23(14-17-4-5-17)15-18-6-8-20(9-7-18)28-29(25,26)21-12-10-19(27-3)11-13-21/h6-13,16-17H,4-5,14-15H2,1-3H3. The van der Waals surface area contributed by atoms with Crippen LogP contribution in [0.1, 0.15) is 32.3 Å². The van der Waals surface area contributed by atoms with E-state index in [1.165, 1.54) is 32.1 Å². The number of carbonyl (C=O) groups excluding carboxylic acids is 1. The van der Waals surface area contributed by atoms with Crippen molar-refractivity contribution in [3.63, 3.8) is 0 Å². The van der Waals surface area contributed by atoms with E-state index in [0.29, 0.717) is 18.2 Å². The molecule has 0 unspecified atom stereocenters. The Morgan fingerprint density at radius 1 is 1.03 bits per heavy atom. The highest BCUT2D eigenvalue weighted by molar-refractivity contribution is 7.87. The van der Waals surface area contributed by atoms with Crippen LogP contribution in [0, 0.1) is 11.8 Å². The van der Waals surface area contributed by atoms with Crippen LogP contribution in [0.3, 0.4) is 0 Å². The predicted octanol–water partition coefficient (Wildman–Crippen LogP) is 3.86. The summed E-state index contributed by atoms with van der Waals surface area (Å²) in [6.07, 6.45) is 2.36.